The number of pyridine rings is 2. The van der Waals surface area contributed by atoms with Crippen LogP contribution in [-0.2, 0) is 46.5 Å². The topological polar surface area (TPSA) is 276 Å². The molecule has 0 radical (unpaired) electrons. The molecule has 87 heavy (non-hydrogen) atoms. The Morgan fingerprint density at radius 1 is 1.01 bits per heavy atom. The Labute approximate surface area is 500 Å². The Hall–Kier alpha value is -9.13. The van der Waals surface area contributed by atoms with Crippen molar-refractivity contribution in [1.82, 2.24) is 34.6 Å². The molecule has 0 spiro atoms. The van der Waals surface area contributed by atoms with Crippen LogP contribution in [0, 0.1) is 28.8 Å². The highest BCUT2D eigenvalue weighted by molar-refractivity contribution is 7.23. The molecule has 12 rings (SSSR count). The highest BCUT2D eigenvalue weighted by Crippen LogP contribution is 2.47. The summed E-state index contributed by atoms with van der Waals surface area (Å²) in [6.07, 6.45) is -3.04. The van der Waals surface area contributed by atoms with E-state index in [-0.39, 0.29) is 145 Å². The average Bonchev–Trinajstić information content (AvgIpc) is 1.85. The first-order valence-corrected chi connectivity index (χ1v) is 28.7. The minimum absolute atomic E-state index is 0.0163. The second kappa shape index (κ2) is 22.3. The molecular formula is C59H52ClF4N11O11S. The number of nitrogens with one attached hydrogen (secondary N) is 2. The summed E-state index contributed by atoms with van der Waals surface area (Å²) in [5.74, 6) is -4.87. The van der Waals surface area contributed by atoms with Gasteiger partial charge in [0.25, 0.3) is 11.5 Å². The van der Waals surface area contributed by atoms with E-state index in [0.29, 0.717) is 29.6 Å². The summed E-state index contributed by atoms with van der Waals surface area (Å²) in [5.41, 5.74) is 4.84. The van der Waals surface area contributed by atoms with Gasteiger partial charge in [0, 0.05) is 83.6 Å². The Morgan fingerprint density at radius 3 is 2.55 bits per heavy atom. The molecule has 3 saturated heterocycles. The zero-order chi connectivity index (χ0) is 61.5. The molecule has 3 aromatic carbocycles. The number of alkyl halides is 1. The van der Waals surface area contributed by atoms with Gasteiger partial charge in [-0.2, -0.15) is 15.2 Å². The van der Waals surface area contributed by atoms with Crippen molar-refractivity contribution in [2.75, 3.05) is 75.0 Å². The standard InChI is InChI=1S/C59H52ClF4N11O11S/c1-27(24-83-56(80)67-21-42(76)85-48-32-17-41-46-29(22-75(41)53(78)35(32)25-82-54(48)79)14-28-15-40(38(63)18-39(28)68-46)69-57(81)86-58(2,3)4)52(77)73-12-10-72(11-13-73)51-33-16-36(60)44(31-6-7-37(62)49-43(31)34(20-65)50(66)87-49)45(64)47(33)70-55(71-51)84-26-59-8-5-9-74(59)23-30(61)19-59/h6-7,14-18,30,48H,1,5,8-13,19,21-26,66H2,2-4H3,(H,67,80)(H,69,81)/t30?,48?,59-/m0/s1. The van der Waals surface area contributed by atoms with Gasteiger partial charge in [-0.25, -0.2) is 36.9 Å². The number of alkyl carbamates (subject to hydrolysis) is 1. The van der Waals surface area contributed by atoms with Gasteiger partial charge in [-0.05, 0) is 76.1 Å². The van der Waals surface area contributed by atoms with Gasteiger partial charge in [0.15, 0.2) is 5.82 Å². The van der Waals surface area contributed by atoms with Crippen molar-refractivity contribution in [1.29, 1.82) is 5.26 Å². The number of anilines is 3. The molecule has 3 atom stereocenters. The van der Waals surface area contributed by atoms with Crippen LogP contribution in [-0.4, -0.2) is 136 Å². The number of carbonyl (C=O) groups excluding carboxylic acids is 5. The van der Waals surface area contributed by atoms with Crippen molar-refractivity contribution in [2.24, 2.45) is 0 Å². The summed E-state index contributed by atoms with van der Waals surface area (Å²) in [6, 6.07) is 11.3. The van der Waals surface area contributed by atoms with Crippen LogP contribution in [0.2, 0.25) is 5.02 Å². The van der Waals surface area contributed by atoms with E-state index < -0.39 is 96.2 Å². The number of carbonyl (C=O) groups is 5. The monoisotopic (exact) mass is 1230 g/mol. The molecule has 5 aliphatic heterocycles. The third-order valence-electron chi connectivity index (χ3n) is 15.9. The maximum Gasteiger partial charge on any atom is 0.412 e. The van der Waals surface area contributed by atoms with Gasteiger partial charge in [0.2, 0.25) is 6.10 Å². The molecule has 5 aliphatic rings. The molecule has 28 heteroatoms. The summed E-state index contributed by atoms with van der Waals surface area (Å²) < 4.78 is 91.4. The minimum Gasteiger partial charge on any atom is -0.461 e. The third-order valence-corrected chi connectivity index (χ3v) is 17.2. The number of nitrogen functional groups attached to an aromatic ring is 1. The van der Waals surface area contributed by atoms with Gasteiger partial charge >= 0.3 is 30.1 Å². The van der Waals surface area contributed by atoms with Crippen LogP contribution in [0.5, 0.6) is 6.01 Å². The normalized spacial score (nSPS) is 18.8. The van der Waals surface area contributed by atoms with Crippen LogP contribution in [0.4, 0.5) is 43.7 Å². The second-order valence-electron chi connectivity index (χ2n) is 22.7. The summed E-state index contributed by atoms with van der Waals surface area (Å²) >= 11 is 7.76. The number of nitriles is 1. The lowest BCUT2D eigenvalue weighted by Gasteiger charge is -2.36. The smallest absolute Gasteiger partial charge is 0.412 e. The van der Waals surface area contributed by atoms with E-state index in [1.54, 1.807) is 31.7 Å². The van der Waals surface area contributed by atoms with Crippen molar-refractivity contribution in [2.45, 2.75) is 76.6 Å². The summed E-state index contributed by atoms with van der Waals surface area (Å²) in [5, 5.41) is 15.2. The minimum atomic E-state index is -1.73. The van der Waals surface area contributed by atoms with Gasteiger partial charge in [-0.1, -0.05) is 24.2 Å². The van der Waals surface area contributed by atoms with E-state index in [1.807, 2.05) is 11.0 Å². The fraction of sp³-hybridized carbons (Fsp3) is 0.356. The number of nitrogens with zero attached hydrogens (tertiary/aromatic N) is 8. The molecule has 4 aromatic heterocycles. The molecule has 9 heterocycles. The first-order chi connectivity index (χ1) is 41.5. The number of halogens is 5. The molecule has 4 N–H and O–H groups in total. The van der Waals surface area contributed by atoms with Crippen molar-refractivity contribution < 1.29 is 65.2 Å². The Bertz CT molecular complexity index is 4260. The number of rotatable bonds is 12. The number of fused-ring (bicyclic) bond motifs is 8. The van der Waals surface area contributed by atoms with Crippen LogP contribution in [0.25, 0.3) is 54.4 Å². The van der Waals surface area contributed by atoms with Crippen LogP contribution < -0.4 is 31.6 Å². The number of ether oxygens (including phenoxy) is 5. The van der Waals surface area contributed by atoms with E-state index in [9.17, 15) is 38.4 Å². The van der Waals surface area contributed by atoms with E-state index in [0.717, 1.165) is 29.9 Å². The van der Waals surface area contributed by atoms with Crippen molar-refractivity contribution >= 4 is 101 Å². The molecule has 3 fully saturated rings. The van der Waals surface area contributed by atoms with Gasteiger partial charge in [0.05, 0.1) is 55.5 Å². The zero-order valence-electron chi connectivity index (χ0n) is 46.7. The van der Waals surface area contributed by atoms with E-state index in [2.05, 4.69) is 27.2 Å². The van der Waals surface area contributed by atoms with Gasteiger partial charge in [-0.3, -0.25) is 24.6 Å². The lowest BCUT2D eigenvalue weighted by Crippen LogP contribution is -2.49. The van der Waals surface area contributed by atoms with Crippen LogP contribution in [0.15, 0.2) is 59.4 Å². The number of aromatic nitrogens is 4. The average molecular weight is 1230 g/mol. The first-order valence-electron chi connectivity index (χ1n) is 27.5. The zero-order valence-corrected chi connectivity index (χ0v) is 48.3. The van der Waals surface area contributed by atoms with Gasteiger partial charge in [-0.15, -0.1) is 11.3 Å². The van der Waals surface area contributed by atoms with E-state index in [4.69, 9.17) is 46.0 Å². The number of hydrogen-bond donors (Lipinski definition) is 3. The summed E-state index contributed by atoms with van der Waals surface area (Å²) in [6.45, 7) is 8.37. The fourth-order valence-electron chi connectivity index (χ4n) is 12.0. The van der Waals surface area contributed by atoms with Crippen LogP contribution in [0.3, 0.4) is 0 Å². The predicted molar refractivity (Wildman–Crippen MR) is 309 cm³/mol. The molecule has 22 nitrogen and oxygen atoms in total. The highest BCUT2D eigenvalue weighted by atomic mass is 35.5. The summed E-state index contributed by atoms with van der Waals surface area (Å²) in [4.78, 5) is 98.4. The molecule has 2 unspecified atom stereocenters. The molecule has 3 amide bonds. The number of esters is 2. The van der Waals surface area contributed by atoms with Crippen LogP contribution >= 0.6 is 22.9 Å². The number of hydrogen-bond acceptors (Lipinski definition) is 19. The maximum absolute atomic E-state index is 17.4. The lowest BCUT2D eigenvalue weighted by atomic mass is 9.95. The molecule has 7 aromatic rings. The maximum atomic E-state index is 17.4. The van der Waals surface area contributed by atoms with Crippen LogP contribution in [0.1, 0.15) is 68.4 Å². The number of piperazine rings is 1. The SMILES string of the molecule is C=C(COC(=O)NCC(=O)OC1C(=O)OCc2c1cc1n(c2=O)Cc2cc3cc(NC(=O)OC(C)(C)C)c(F)cc3nc2-1)C(=O)N1CCN(c2nc(OC[C@@]34CCCN3CC(F)C4)nc3c(F)c(-c4ccc(F)c5sc(N)c(C#N)c45)c(Cl)cc23)CC1. The number of cyclic esters (lactones) is 1. The first kappa shape index (κ1) is 58.3. The molecular weight excluding hydrogens is 1180 g/mol. The van der Waals surface area contributed by atoms with Gasteiger partial charge < -0.3 is 49.1 Å². The number of thiophene rings is 1. The Balaban J connectivity index is 0.692. The van der Waals surface area contributed by atoms with Gasteiger partial charge in [0.1, 0.15) is 72.2 Å². The largest absolute Gasteiger partial charge is 0.461 e. The molecule has 450 valence electrons. The quantitative estimate of drug-likeness (QED) is 0.0448. The van der Waals surface area contributed by atoms with E-state index in [1.165, 1.54) is 33.7 Å². The van der Waals surface area contributed by atoms with E-state index >= 15 is 13.2 Å². The Kier molecular flexibility index (Phi) is 14.9. The van der Waals surface area contributed by atoms with Crippen molar-refractivity contribution in [3.63, 3.8) is 0 Å². The summed E-state index contributed by atoms with van der Waals surface area (Å²) in [7, 11) is 0. The Morgan fingerprint density at radius 2 is 1.79 bits per heavy atom. The fourth-order valence-corrected chi connectivity index (χ4v) is 13.2. The highest BCUT2D eigenvalue weighted by Gasteiger charge is 2.49. The predicted octanol–water partition coefficient (Wildman–Crippen LogP) is 8.35. The lowest BCUT2D eigenvalue weighted by molar-refractivity contribution is -0.171. The number of benzene rings is 3. The molecule has 0 aliphatic carbocycles. The third kappa shape index (κ3) is 10.8. The molecule has 0 saturated carbocycles. The molecule has 0 bridgehead atoms. The van der Waals surface area contributed by atoms with Crippen molar-refractivity contribution in [3.8, 4) is 34.6 Å². The number of nitrogens with two attached hydrogens (primary N) is 1. The van der Waals surface area contributed by atoms with Crippen molar-refractivity contribution in [3.05, 3.63) is 110 Å². The second-order valence-corrected chi connectivity index (χ2v) is 24.1. The number of amides is 3.